The van der Waals surface area contributed by atoms with Crippen LogP contribution < -0.4 is 5.32 Å². The molecule has 17 heavy (non-hydrogen) atoms. The van der Waals surface area contributed by atoms with E-state index in [9.17, 15) is 0 Å². The molecule has 100 valence electrons. The van der Waals surface area contributed by atoms with Gasteiger partial charge in [-0.3, -0.25) is 4.90 Å². The molecule has 2 aliphatic heterocycles. The van der Waals surface area contributed by atoms with Crippen LogP contribution in [0.15, 0.2) is 0 Å². The van der Waals surface area contributed by atoms with Gasteiger partial charge in [0.1, 0.15) is 0 Å². The van der Waals surface area contributed by atoms with Gasteiger partial charge in [-0.15, -0.1) is 0 Å². The molecule has 0 amide bonds. The zero-order valence-corrected chi connectivity index (χ0v) is 11.8. The lowest BCUT2D eigenvalue weighted by molar-refractivity contribution is 0.0661. The van der Waals surface area contributed by atoms with E-state index in [0.29, 0.717) is 11.5 Å². The Morgan fingerprint density at radius 2 is 1.88 bits per heavy atom. The van der Waals surface area contributed by atoms with E-state index >= 15 is 0 Å². The van der Waals surface area contributed by atoms with Crippen molar-refractivity contribution in [3.05, 3.63) is 0 Å². The molecule has 3 nitrogen and oxygen atoms in total. The van der Waals surface area contributed by atoms with Gasteiger partial charge in [0.25, 0.3) is 0 Å². The Hall–Kier alpha value is -0.120. The molecular weight excluding hydrogens is 210 g/mol. The zero-order valence-electron chi connectivity index (χ0n) is 11.8. The molecule has 0 bridgehead atoms. The number of piperazine rings is 1. The first-order valence-corrected chi connectivity index (χ1v) is 7.26. The summed E-state index contributed by atoms with van der Waals surface area (Å²) in [5, 5.41) is 3.55. The van der Waals surface area contributed by atoms with Gasteiger partial charge in [-0.05, 0) is 38.6 Å². The maximum Gasteiger partial charge on any atom is 0.0113 e. The summed E-state index contributed by atoms with van der Waals surface area (Å²) in [6.07, 6.45) is 2.74. The highest BCUT2D eigenvalue weighted by atomic mass is 15.3. The van der Waals surface area contributed by atoms with Crippen LogP contribution in [0.2, 0.25) is 0 Å². The molecule has 0 aromatic carbocycles. The molecule has 0 aromatic rings. The molecule has 2 aliphatic rings. The topological polar surface area (TPSA) is 18.5 Å². The van der Waals surface area contributed by atoms with E-state index in [2.05, 4.69) is 35.9 Å². The fraction of sp³-hybridized carbons (Fsp3) is 1.00. The van der Waals surface area contributed by atoms with Crippen LogP contribution in [-0.2, 0) is 0 Å². The van der Waals surface area contributed by atoms with E-state index in [4.69, 9.17) is 0 Å². The number of piperidine rings is 1. The van der Waals surface area contributed by atoms with Crippen LogP contribution in [0.3, 0.4) is 0 Å². The molecule has 2 rings (SSSR count). The first kappa shape index (κ1) is 13.3. The van der Waals surface area contributed by atoms with Crippen LogP contribution in [0.4, 0.5) is 0 Å². The molecule has 2 heterocycles. The van der Waals surface area contributed by atoms with Crippen molar-refractivity contribution in [2.75, 3.05) is 45.8 Å². The van der Waals surface area contributed by atoms with Crippen molar-refractivity contribution in [3.63, 3.8) is 0 Å². The largest absolute Gasteiger partial charge is 0.316 e. The average Bonchev–Trinajstić information content (AvgIpc) is 2.30. The van der Waals surface area contributed by atoms with Gasteiger partial charge in [-0.25, -0.2) is 0 Å². The monoisotopic (exact) mass is 239 g/mol. The second-order valence-electron chi connectivity index (χ2n) is 6.50. The van der Waals surface area contributed by atoms with Crippen LogP contribution in [0.25, 0.3) is 0 Å². The van der Waals surface area contributed by atoms with Crippen LogP contribution >= 0.6 is 0 Å². The Labute approximate surface area is 107 Å². The molecule has 0 saturated carbocycles. The molecule has 3 heteroatoms. The molecule has 2 saturated heterocycles. The molecule has 0 aliphatic carbocycles. The number of nitrogens with one attached hydrogen (secondary N) is 1. The second kappa shape index (κ2) is 5.68. The summed E-state index contributed by atoms with van der Waals surface area (Å²) in [7, 11) is 0. The van der Waals surface area contributed by atoms with Gasteiger partial charge in [-0.2, -0.15) is 0 Å². The third kappa shape index (κ3) is 3.67. The van der Waals surface area contributed by atoms with Crippen molar-refractivity contribution in [1.29, 1.82) is 0 Å². The van der Waals surface area contributed by atoms with Crippen molar-refractivity contribution in [2.24, 2.45) is 5.41 Å². The lowest BCUT2D eigenvalue weighted by Gasteiger charge is -2.43. The molecule has 0 spiro atoms. The maximum absolute atomic E-state index is 3.55. The smallest absolute Gasteiger partial charge is 0.0113 e. The van der Waals surface area contributed by atoms with Crippen molar-refractivity contribution in [1.82, 2.24) is 15.1 Å². The van der Waals surface area contributed by atoms with Crippen LogP contribution in [0, 0.1) is 5.41 Å². The fourth-order valence-electron chi connectivity index (χ4n) is 3.23. The van der Waals surface area contributed by atoms with Gasteiger partial charge in [0.15, 0.2) is 0 Å². The SMILES string of the molecule is CC(C)N1CCN(CC2(C)CCCNC2)CC1. The van der Waals surface area contributed by atoms with Gasteiger partial charge >= 0.3 is 0 Å². The van der Waals surface area contributed by atoms with Crippen molar-refractivity contribution in [2.45, 2.75) is 39.7 Å². The van der Waals surface area contributed by atoms with E-state index in [-0.39, 0.29) is 0 Å². The van der Waals surface area contributed by atoms with E-state index in [1.807, 2.05) is 0 Å². The molecule has 2 fully saturated rings. The highest BCUT2D eigenvalue weighted by Crippen LogP contribution is 2.27. The molecule has 0 aromatic heterocycles. The van der Waals surface area contributed by atoms with Crippen molar-refractivity contribution in [3.8, 4) is 0 Å². The minimum atomic E-state index is 0.512. The molecule has 1 N–H and O–H groups in total. The van der Waals surface area contributed by atoms with Gasteiger partial charge in [0.05, 0.1) is 0 Å². The lowest BCUT2D eigenvalue weighted by atomic mass is 9.82. The number of hydrogen-bond acceptors (Lipinski definition) is 3. The number of hydrogen-bond donors (Lipinski definition) is 1. The van der Waals surface area contributed by atoms with Gasteiger partial charge in [-0.1, -0.05) is 6.92 Å². The maximum atomic E-state index is 3.55. The summed E-state index contributed by atoms with van der Waals surface area (Å²) in [6.45, 7) is 15.8. The molecule has 1 unspecified atom stereocenters. The quantitative estimate of drug-likeness (QED) is 0.803. The van der Waals surface area contributed by atoms with Gasteiger partial charge in [0, 0.05) is 45.3 Å². The highest BCUT2D eigenvalue weighted by molar-refractivity contribution is 4.86. The first-order valence-electron chi connectivity index (χ1n) is 7.26. The number of nitrogens with zero attached hydrogens (tertiary/aromatic N) is 2. The molecule has 1 atom stereocenters. The Morgan fingerprint density at radius 1 is 1.18 bits per heavy atom. The predicted octanol–water partition coefficient (Wildman–Crippen LogP) is 1.40. The first-order chi connectivity index (χ1) is 8.09. The Morgan fingerprint density at radius 3 is 2.41 bits per heavy atom. The normalized spacial score (nSPS) is 33.2. The lowest BCUT2D eigenvalue weighted by Crippen LogP contribution is -2.53. The third-order valence-corrected chi connectivity index (χ3v) is 4.43. The van der Waals surface area contributed by atoms with Crippen molar-refractivity contribution >= 4 is 0 Å². The minimum absolute atomic E-state index is 0.512. The average molecular weight is 239 g/mol. The summed E-state index contributed by atoms with van der Waals surface area (Å²) in [6, 6.07) is 0.712. The third-order valence-electron chi connectivity index (χ3n) is 4.43. The molecular formula is C14H29N3. The summed E-state index contributed by atoms with van der Waals surface area (Å²) in [4.78, 5) is 5.27. The summed E-state index contributed by atoms with van der Waals surface area (Å²) in [5.41, 5.74) is 0.512. The number of rotatable bonds is 3. The van der Waals surface area contributed by atoms with Crippen molar-refractivity contribution < 1.29 is 0 Å². The molecule has 0 radical (unpaired) electrons. The van der Waals surface area contributed by atoms with E-state index < -0.39 is 0 Å². The minimum Gasteiger partial charge on any atom is -0.316 e. The van der Waals surface area contributed by atoms with Crippen LogP contribution in [0.1, 0.15) is 33.6 Å². The van der Waals surface area contributed by atoms with E-state index in [1.54, 1.807) is 0 Å². The standard InChI is InChI=1S/C14H29N3/c1-13(2)17-9-7-16(8-10-17)12-14(3)5-4-6-15-11-14/h13,15H,4-12H2,1-3H3. The summed E-state index contributed by atoms with van der Waals surface area (Å²) >= 11 is 0. The van der Waals surface area contributed by atoms with Crippen LogP contribution in [0.5, 0.6) is 0 Å². The second-order valence-corrected chi connectivity index (χ2v) is 6.50. The van der Waals surface area contributed by atoms with E-state index in [0.717, 1.165) is 0 Å². The summed E-state index contributed by atoms with van der Waals surface area (Å²) in [5.74, 6) is 0. The Balaban J connectivity index is 1.77. The zero-order chi connectivity index (χ0) is 12.3. The Bertz CT molecular complexity index is 226. The van der Waals surface area contributed by atoms with Gasteiger partial charge < -0.3 is 10.2 Å². The van der Waals surface area contributed by atoms with Gasteiger partial charge in [0.2, 0.25) is 0 Å². The predicted molar refractivity (Wildman–Crippen MR) is 73.4 cm³/mol. The summed E-state index contributed by atoms with van der Waals surface area (Å²) < 4.78 is 0. The Kier molecular flexibility index (Phi) is 4.45. The highest BCUT2D eigenvalue weighted by Gasteiger charge is 2.30. The van der Waals surface area contributed by atoms with Crippen LogP contribution in [-0.4, -0.2) is 61.7 Å². The fourth-order valence-corrected chi connectivity index (χ4v) is 3.23. The van der Waals surface area contributed by atoms with E-state index in [1.165, 1.54) is 58.7 Å².